The summed E-state index contributed by atoms with van der Waals surface area (Å²) in [5.74, 6) is 0.147. The van der Waals surface area contributed by atoms with Crippen LogP contribution in [0.3, 0.4) is 0 Å². The third-order valence-corrected chi connectivity index (χ3v) is 4.25. The summed E-state index contributed by atoms with van der Waals surface area (Å²) < 4.78 is 29.6. The maximum absolute atomic E-state index is 12.5. The molecule has 1 saturated heterocycles. The van der Waals surface area contributed by atoms with Crippen LogP contribution in [-0.2, 0) is 4.79 Å². The van der Waals surface area contributed by atoms with Gasteiger partial charge in [-0.1, -0.05) is 12.1 Å². The molecule has 1 N–H and O–H groups in total. The molecule has 0 spiro atoms. The second-order valence-corrected chi connectivity index (χ2v) is 6.35. The molecule has 7 heteroatoms. The SMILES string of the molecule is CC(C)N(C)CC(=O)N[C@@H]1CCN(c2ccccc2OC(F)F)C1. The maximum atomic E-state index is 12.5. The van der Waals surface area contributed by atoms with Crippen molar-refractivity contribution in [1.82, 2.24) is 10.2 Å². The van der Waals surface area contributed by atoms with E-state index in [0.717, 1.165) is 6.42 Å². The molecule has 1 aromatic carbocycles. The predicted octanol–water partition coefficient (Wildman–Crippen LogP) is 2.32. The molecular formula is C17H25F2N3O2. The molecule has 24 heavy (non-hydrogen) atoms. The van der Waals surface area contributed by atoms with Crippen LogP contribution in [0.1, 0.15) is 20.3 Å². The zero-order valence-corrected chi connectivity index (χ0v) is 14.3. The molecule has 1 fully saturated rings. The number of nitrogens with one attached hydrogen (secondary N) is 1. The van der Waals surface area contributed by atoms with Crippen molar-refractivity contribution in [1.29, 1.82) is 0 Å². The first-order chi connectivity index (χ1) is 11.4. The average molecular weight is 341 g/mol. The van der Waals surface area contributed by atoms with E-state index in [1.165, 1.54) is 6.07 Å². The van der Waals surface area contributed by atoms with Crippen molar-refractivity contribution in [3.8, 4) is 5.75 Å². The number of carbonyl (C=O) groups excluding carboxylic acids is 1. The normalized spacial score (nSPS) is 17.8. The van der Waals surface area contributed by atoms with Crippen molar-refractivity contribution < 1.29 is 18.3 Å². The lowest BCUT2D eigenvalue weighted by molar-refractivity contribution is -0.122. The highest BCUT2D eigenvalue weighted by Gasteiger charge is 2.26. The van der Waals surface area contributed by atoms with Crippen LogP contribution in [0.4, 0.5) is 14.5 Å². The molecule has 1 heterocycles. The zero-order chi connectivity index (χ0) is 17.7. The van der Waals surface area contributed by atoms with E-state index in [9.17, 15) is 13.6 Å². The molecule has 1 atom stereocenters. The van der Waals surface area contributed by atoms with Gasteiger partial charge in [0.25, 0.3) is 0 Å². The van der Waals surface area contributed by atoms with Crippen LogP contribution in [0.25, 0.3) is 0 Å². The quantitative estimate of drug-likeness (QED) is 0.827. The van der Waals surface area contributed by atoms with Crippen molar-refractivity contribution >= 4 is 11.6 Å². The summed E-state index contributed by atoms with van der Waals surface area (Å²) >= 11 is 0. The highest BCUT2D eigenvalue weighted by molar-refractivity contribution is 5.78. The summed E-state index contributed by atoms with van der Waals surface area (Å²) in [5, 5.41) is 3.01. The minimum atomic E-state index is -2.85. The molecule has 0 unspecified atom stereocenters. The number of anilines is 1. The Morgan fingerprint density at radius 2 is 2.12 bits per heavy atom. The van der Waals surface area contributed by atoms with E-state index in [2.05, 4.69) is 10.1 Å². The lowest BCUT2D eigenvalue weighted by atomic mass is 10.2. The van der Waals surface area contributed by atoms with Crippen LogP contribution in [0, 0.1) is 0 Å². The highest BCUT2D eigenvalue weighted by Crippen LogP contribution is 2.31. The van der Waals surface area contributed by atoms with Crippen LogP contribution in [0.5, 0.6) is 5.75 Å². The molecule has 134 valence electrons. The summed E-state index contributed by atoms with van der Waals surface area (Å²) in [6.07, 6.45) is 0.778. The van der Waals surface area contributed by atoms with E-state index in [-0.39, 0.29) is 17.7 Å². The molecule has 1 amide bonds. The van der Waals surface area contributed by atoms with Gasteiger partial charge in [0.05, 0.1) is 12.2 Å². The number of ether oxygens (including phenoxy) is 1. The summed E-state index contributed by atoms with van der Waals surface area (Å²) in [7, 11) is 1.91. The van der Waals surface area contributed by atoms with Crippen LogP contribution >= 0.6 is 0 Å². The molecule has 0 radical (unpaired) electrons. The van der Waals surface area contributed by atoms with Gasteiger partial charge < -0.3 is 15.0 Å². The first kappa shape index (κ1) is 18.4. The van der Waals surface area contributed by atoms with Gasteiger partial charge in [0.15, 0.2) is 0 Å². The van der Waals surface area contributed by atoms with Gasteiger partial charge in [-0.15, -0.1) is 0 Å². The van der Waals surface area contributed by atoms with Gasteiger partial charge in [-0.05, 0) is 39.4 Å². The number of hydrogen-bond acceptors (Lipinski definition) is 4. The number of alkyl halides is 2. The fraction of sp³-hybridized carbons (Fsp3) is 0.588. The molecule has 1 aromatic rings. The molecule has 1 aliphatic heterocycles. The van der Waals surface area contributed by atoms with E-state index < -0.39 is 6.61 Å². The topological polar surface area (TPSA) is 44.8 Å². The Morgan fingerprint density at radius 1 is 1.42 bits per heavy atom. The van der Waals surface area contributed by atoms with Crippen molar-refractivity contribution in [2.45, 2.75) is 39.0 Å². The second-order valence-electron chi connectivity index (χ2n) is 6.35. The Bertz CT molecular complexity index is 554. The smallest absolute Gasteiger partial charge is 0.387 e. The number of para-hydroxylation sites is 2. The maximum Gasteiger partial charge on any atom is 0.387 e. The summed E-state index contributed by atoms with van der Waals surface area (Å²) in [5.41, 5.74) is 0.633. The average Bonchev–Trinajstić information content (AvgIpc) is 2.95. The molecule has 1 aliphatic rings. The van der Waals surface area contributed by atoms with Gasteiger partial charge in [0, 0.05) is 25.2 Å². The third-order valence-electron chi connectivity index (χ3n) is 4.25. The summed E-state index contributed by atoms with van der Waals surface area (Å²) in [4.78, 5) is 16.0. The van der Waals surface area contributed by atoms with Gasteiger partial charge in [-0.25, -0.2) is 0 Å². The molecule has 2 rings (SSSR count). The van der Waals surface area contributed by atoms with E-state index in [1.54, 1.807) is 18.2 Å². The molecule has 0 saturated carbocycles. The first-order valence-corrected chi connectivity index (χ1v) is 8.15. The summed E-state index contributed by atoms with van der Waals surface area (Å²) in [6, 6.07) is 7.06. The van der Waals surface area contributed by atoms with Crippen LogP contribution in [-0.4, -0.2) is 56.2 Å². The Morgan fingerprint density at radius 3 is 2.79 bits per heavy atom. The first-order valence-electron chi connectivity index (χ1n) is 8.15. The second kappa shape index (κ2) is 8.28. The zero-order valence-electron chi connectivity index (χ0n) is 14.3. The van der Waals surface area contributed by atoms with E-state index in [4.69, 9.17) is 0 Å². The summed E-state index contributed by atoms with van der Waals surface area (Å²) in [6.45, 7) is 2.83. The Balaban J connectivity index is 1.92. The minimum absolute atomic E-state index is 0.0117. The van der Waals surface area contributed by atoms with Gasteiger partial charge in [0.2, 0.25) is 5.91 Å². The highest BCUT2D eigenvalue weighted by atomic mass is 19.3. The van der Waals surface area contributed by atoms with E-state index in [0.29, 0.717) is 31.4 Å². The monoisotopic (exact) mass is 341 g/mol. The number of amides is 1. The molecular weight excluding hydrogens is 316 g/mol. The fourth-order valence-electron chi connectivity index (χ4n) is 2.69. The number of hydrogen-bond donors (Lipinski definition) is 1. The molecule has 0 aromatic heterocycles. The standard InChI is InChI=1S/C17H25F2N3O2/c1-12(2)21(3)11-16(23)20-13-8-9-22(10-13)14-6-4-5-7-15(14)24-17(18)19/h4-7,12-13,17H,8-11H2,1-3H3,(H,20,23)/t13-/m1/s1. The van der Waals surface area contributed by atoms with Gasteiger partial charge in [0.1, 0.15) is 5.75 Å². The lowest BCUT2D eigenvalue weighted by Crippen LogP contribution is -2.43. The fourth-order valence-corrected chi connectivity index (χ4v) is 2.69. The lowest BCUT2D eigenvalue weighted by Gasteiger charge is -2.23. The van der Waals surface area contributed by atoms with E-state index in [1.807, 2.05) is 30.7 Å². The number of carbonyl (C=O) groups is 1. The minimum Gasteiger partial charge on any atom is -0.433 e. The molecule has 0 aliphatic carbocycles. The van der Waals surface area contributed by atoms with Crippen molar-refractivity contribution in [2.24, 2.45) is 0 Å². The number of likely N-dealkylation sites (N-methyl/N-ethyl adjacent to an activating group) is 1. The van der Waals surface area contributed by atoms with Crippen LogP contribution in [0.15, 0.2) is 24.3 Å². The Hall–Kier alpha value is -1.89. The Labute approximate surface area is 141 Å². The van der Waals surface area contributed by atoms with Crippen molar-refractivity contribution in [2.75, 3.05) is 31.6 Å². The number of rotatable bonds is 7. The van der Waals surface area contributed by atoms with E-state index >= 15 is 0 Å². The Kier molecular flexibility index (Phi) is 6.36. The number of halogens is 2. The third kappa shape index (κ3) is 5.06. The predicted molar refractivity (Wildman–Crippen MR) is 89.6 cm³/mol. The largest absolute Gasteiger partial charge is 0.433 e. The van der Waals surface area contributed by atoms with Gasteiger partial charge in [-0.2, -0.15) is 8.78 Å². The molecule has 0 bridgehead atoms. The van der Waals surface area contributed by atoms with Gasteiger partial charge >= 0.3 is 6.61 Å². The van der Waals surface area contributed by atoms with Crippen LogP contribution < -0.4 is 15.0 Å². The number of nitrogens with zero attached hydrogens (tertiary/aromatic N) is 2. The number of benzene rings is 1. The van der Waals surface area contributed by atoms with Crippen molar-refractivity contribution in [3.05, 3.63) is 24.3 Å². The van der Waals surface area contributed by atoms with Crippen LogP contribution in [0.2, 0.25) is 0 Å². The van der Waals surface area contributed by atoms with Gasteiger partial charge in [-0.3, -0.25) is 9.69 Å². The van der Waals surface area contributed by atoms with Crippen molar-refractivity contribution in [3.63, 3.8) is 0 Å². The molecule has 5 nitrogen and oxygen atoms in total.